The van der Waals surface area contributed by atoms with Crippen molar-refractivity contribution < 1.29 is 9.53 Å². The molecule has 0 aromatic heterocycles. The molecule has 1 fully saturated rings. The molecule has 0 unspecified atom stereocenters. The summed E-state index contributed by atoms with van der Waals surface area (Å²) in [6.07, 6.45) is 10.9. The number of benzene rings is 1. The molecule has 0 spiro atoms. The summed E-state index contributed by atoms with van der Waals surface area (Å²) in [4.78, 5) is 12.1. The number of ether oxygens (including phenoxy) is 1. The highest BCUT2D eigenvalue weighted by atomic mass is 16.5. The Bertz CT molecular complexity index is 612. The van der Waals surface area contributed by atoms with Gasteiger partial charge >= 0.3 is 5.97 Å². The number of fused-ring (bicyclic) bond motifs is 4. The van der Waals surface area contributed by atoms with Gasteiger partial charge in [0.15, 0.2) is 0 Å². The molecule has 2 bridgehead atoms. The Hall–Kier alpha value is -1.35. The molecule has 2 N–H and O–H groups in total. The van der Waals surface area contributed by atoms with E-state index < -0.39 is 0 Å². The van der Waals surface area contributed by atoms with Crippen molar-refractivity contribution in [3.8, 4) is 5.75 Å². The molecule has 0 radical (unpaired) electrons. The van der Waals surface area contributed by atoms with Gasteiger partial charge in [-0.3, -0.25) is 4.79 Å². The van der Waals surface area contributed by atoms with Crippen LogP contribution in [0.4, 0.5) is 0 Å². The predicted molar refractivity (Wildman–Crippen MR) is 102 cm³/mol. The molecule has 2 aliphatic rings. The van der Waals surface area contributed by atoms with Gasteiger partial charge in [0.25, 0.3) is 0 Å². The Balaban J connectivity index is 1.81. The Morgan fingerprint density at radius 2 is 2.12 bits per heavy atom. The van der Waals surface area contributed by atoms with Crippen molar-refractivity contribution in [2.24, 2.45) is 11.7 Å². The van der Waals surface area contributed by atoms with Gasteiger partial charge in [-0.25, -0.2) is 0 Å². The van der Waals surface area contributed by atoms with Gasteiger partial charge in [-0.2, -0.15) is 0 Å². The first-order valence-corrected chi connectivity index (χ1v) is 10.1. The van der Waals surface area contributed by atoms with Crippen molar-refractivity contribution in [3.05, 3.63) is 29.3 Å². The summed E-state index contributed by atoms with van der Waals surface area (Å²) >= 11 is 0. The molecule has 25 heavy (non-hydrogen) atoms. The van der Waals surface area contributed by atoms with E-state index in [-0.39, 0.29) is 17.4 Å². The zero-order valence-corrected chi connectivity index (χ0v) is 15.9. The minimum atomic E-state index is -0.116. The summed E-state index contributed by atoms with van der Waals surface area (Å²) in [6, 6.07) is 6.44. The van der Waals surface area contributed by atoms with Gasteiger partial charge in [-0.05, 0) is 54.9 Å². The molecule has 3 heteroatoms. The normalized spacial score (nSPS) is 28.6. The first-order chi connectivity index (χ1) is 12.0. The van der Waals surface area contributed by atoms with Gasteiger partial charge in [0.05, 0.1) is 0 Å². The largest absolute Gasteiger partial charge is 0.427 e. The van der Waals surface area contributed by atoms with Gasteiger partial charge < -0.3 is 10.5 Å². The Kier molecular flexibility index (Phi) is 5.83. The number of carbonyl (C=O) groups excluding carboxylic acids is 1. The topological polar surface area (TPSA) is 52.3 Å². The van der Waals surface area contributed by atoms with Crippen LogP contribution in [0, 0.1) is 5.92 Å². The van der Waals surface area contributed by atoms with E-state index in [4.69, 9.17) is 10.5 Å². The predicted octanol–water partition coefficient (Wildman–Crippen LogP) is 4.89. The summed E-state index contributed by atoms with van der Waals surface area (Å²) in [5.41, 5.74) is 9.45. The van der Waals surface area contributed by atoms with Crippen LogP contribution in [0.1, 0.15) is 82.8 Å². The fourth-order valence-corrected chi connectivity index (χ4v) is 4.80. The van der Waals surface area contributed by atoms with Crippen molar-refractivity contribution in [1.82, 2.24) is 0 Å². The van der Waals surface area contributed by atoms with Crippen LogP contribution in [0.2, 0.25) is 0 Å². The van der Waals surface area contributed by atoms with Crippen molar-refractivity contribution in [3.63, 3.8) is 0 Å². The summed E-state index contributed by atoms with van der Waals surface area (Å²) in [7, 11) is 0. The van der Waals surface area contributed by atoms with Crippen molar-refractivity contribution in [2.45, 2.75) is 89.5 Å². The first-order valence-electron chi connectivity index (χ1n) is 10.1. The Morgan fingerprint density at radius 3 is 2.92 bits per heavy atom. The monoisotopic (exact) mass is 343 g/mol. The average molecular weight is 344 g/mol. The molecule has 1 aromatic carbocycles. The Morgan fingerprint density at radius 1 is 1.28 bits per heavy atom. The lowest BCUT2D eigenvalue weighted by Gasteiger charge is -2.47. The highest BCUT2D eigenvalue weighted by molar-refractivity contribution is 5.72. The minimum Gasteiger partial charge on any atom is -0.427 e. The standard InChI is InChI=1S/C22H33NO2/c1-3-4-6-10-20(24)25-18-12-11-16-14-17-9-7-5-8-13-22(2,21(17)23)19(16)15-18/h11-12,15,17,21H,3-10,13-14,23H2,1-2H3/t17-,21-,22+/m0/s1. The third kappa shape index (κ3) is 3.92. The lowest BCUT2D eigenvalue weighted by molar-refractivity contribution is -0.134. The van der Waals surface area contributed by atoms with E-state index in [0.717, 1.165) is 32.1 Å². The molecule has 1 saturated carbocycles. The maximum atomic E-state index is 12.1. The van der Waals surface area contributed by atoms with Gasteiger partial charge in [0.1, 0.15) is 5.75 Å². The second-order valence-electron chi connectivity index (χ2n) is 8.26. The van der Waals surface area contributed by atoms with E-state index in [1.807, 2.05) is 6.07 Å². The number of carbonyl (C=O) groups is 1. The third-order valence-corrected chi connectivity index (χ3v) is 6.41. The van der Waals surface area contributed by atoms with Crippen molar-refractivity contribution in [1.29, 1.82) is 0 Å². The molecular formula is C22H33NO2. The molecule has 1 aromatic rings. The highest BCUT2D eigenvalue weighted by Gasteiger charge is 2.43. The van der Waals surface area contributed by atoms with E-state index in [2.05, 4.69) is 26.0 Å². The molecule has 0 aliphatic heterocycles. The quantitative estimate of drug-likeness (QED) is 0.470. The fourth-order valence-electron chi connectivity index (χ4n) is 4.80. The van der Waals surface area contributed by atoms with Crippen LogP contribution in [-0.4, -0.2) is 12.0 Å². The maximum Gasteiger partial charge on any atom is 0.311 e. The number of hydrogen-bond donors (Lipinski definition) is 1. The molecule has 3 rings (SSSR count). The van der Waals surface area contributed by atoms with Crippen LogP contribution >= 0.6 is 0 Å². The number of rotatable bonds is 5. The first kappa shape index (κ1) is 18.4. The van der Waals surface area contributed by atoms with E-state index in [0.29, 0.717) is 18.1 Å². The SMILES string of the molecule is CCCCCC(=O)Oc1ccc2c(c1)[C@@]1(C)CCCCC[C@@H](C2)[C@@H]1N. The van der Waals surface area contributed by atoms with E-state index >= 15 is 0 Å². The van der Waals surface area contributed by atoms with E-state index in [1.54, 1.807) is 0 Å². The third-order valence-electron chi connectivity index (χ3n) is 6.41. The summed E-state index contributed by atoms with van der Waals surface area (Å²) in [5.74, 6) is 1.16. The van der Waals surface area contributed by atoms with Crippen LogP contribution in [0.25, 0.3) is 0 Å². The van der Waals surface area contributed by atoms with Gasteiger partial charge in [-0.1, -0.05) is 52.0 Å². The smallest absolute Gasteiger partial charge is 0.311 e. The van der Waals surface area contributed by atoms with Crippen molar-refractivity contribution >= 4 is 5.97 Å². The van der Waals surface area contributed by atoms with Crippen LogP contribution in [0.3, 0.4) is 0 Å². The number of hydrogen-bond acceptors (Lipinski definition) is 3. The molecule has 138 valence electrons. The van der Waals surface area contributed by atoms with E-state index in [1.165, 1.54) is 36.8 Å². The molecule has 2 aliphatic carbocycles. The molecule has 3 atom stereocenters. The fraction of sp³-hybridized carbons (Fsp3) is 0.682. The second kappa shape index (κ2) is 7.90. The molecule has 0 heterocycles. The van der Waals surface area contributed by atoms with Gasteiger partial charge in [-0.15, -0.1) is 0 Å². The molecular weight excluding hydrogens is 310 g/mol. The summed E-state index contributed by atoms with van der Waals surface area (Å²) in [5, 5.41) is 0. The summed E-state index contributed by atoms with van der Waals surface area (Å²) in [6.45, 7) is 4.46. The minimum absolute atomic E-state index is 0.00327. The van der Waals surface area contributed by atoms with Gasteiger partial charge in [0.2, 0.25) is 0 Å². The molecule has 0 saturated heterocycles. The number of esters is 1. The average Bonchev–Trinajstić information content (AvgIpc) is 2.59. The molecule has 0 amide bonds. The molecule has 3 nitrogen and oxygen atoms in total. The lowest BCUT2D eigenvalue weighted by atomic mass is 9.60. The van der Waals surface area contributed by atoms with Gasteiger partial charge in [0, 0.05) is 17.9 Å². The highest BCUT2D eigenvalue weighted by Crippen LogP contribution is 2.46. The van der Waals surface area contributed by atoms with Crippen molar-refractivity contribution in [2.75, 3.05) is 0 Å². The zero-order valence-electron chi connectivity index (χ0n) is 15.9. The van der Waals surface area contributed by atoms with E-state index in [9.17, 15) is 4.79 Å². The lowest BCUT2D eigenvalue weighted by Crippen LogP contribution is -2.52. The van der Waals surface area contributed by atoms with Crippen LogP contribution in [-0.2, 0) is 16.6 Å². The number of nitrogens with two attached hydrogens (primary N) is 1. The Labute approximate surface area is 152 Å². The van der Waals surface area contributed by atoms with Crippen LogP contribution in [0.5, 0.6) is 5.75 Å². The number of unbranched alkanes of at least 4 members (excludes halogenated alkanes) is 2. The maximum absolute atomic E-state index is 12.1. The van der Waals surface area contributed by atoms with Crippen LogP contribution < -0.4 is 10.5 Å². The second-order valence-corrected chi connectivity index (χ2v) is 8.26. The summed E-state index contributed by atoms with van der Waals surface area (Å²) < 4.78 is 5.62. The van der Waals surface area contributed by atoms with Crippen LogP contribution in [0.15, 0.2) is 18.2 Å². The zero-order chi connectivity index (χ0) is 17.9.